The number of carboxylic acid groups (broad SMARTS) is 1. The number of nitrogens with one attached hydrogen (secondary N) is 1. The van der Waals surface area contributed by atoms with E-state index in [0.717, 1.165) is 18.3 Å². The summed E-state index contributed by atoms with van der Waals surface area (Å²) in [4.78, 5) is 28.6. The van der Waals surface area contributed by atoms with E-state index in [9.17, 15) is 28.2 Å². The Balaban J connectivity index is 1.50. The summed E-state index contributed by atoms with van der Waals surface area (Å²) < 4.78 is 38.8. The first-order chi connectivity index (χ1) is 16.0. The molecule has 1 unspecified atom stereocenters. The van der Waals surface area contributed by atoms with Gasteiger partial charge in [-0.1, -0.05) is 0 Å². The van der Waals surface area contributed by atoms with Crippen LogP contribution in [0.2, 0.25) is 0 Å². The van der Waals surface area contributed by atoms with Gasteiger partial charge in [-0.2, -0.15) is 13.2 Å². The summed E-state index contributed by atoms with van der Waals surface area (Å²) in [6.45, 7) is 1.68. The number of hydrogen-bond acceptors (Lipinski definition) is 8. The molecule has 1 aliphatic carbocycles. The average Bonchev–Trinajstić information content (AvgIpc) is 3.30. The Morgan fingerprint density at radius 2 is 1.85 bits per heavy atom. The topological polar surface area (TPSA) is 121 Å². The van der Waals surface area contributed by atoms with Crippen molar-refractivity contribution < 1.29 is 28.2 Å². The Morgan fingerprint density at radius 3 is 2.53 bits per heavy atom. The monoisotopic (exact) mass is 493 g/mol. The maximum atomic E-state index is 12.9. The molecule has 1 atom stereocenters. The predicted octanol–water partition coefficient (Wildman–Crippen LogP) is 4.86. The maximum Gasteiger partial charge on any atom is 0.416 e. The fourth-order valence-corrected chi connectivity index (χ4v) is 5.05. The highest BCUT2D eigenvalue weighted by Crippen LogP contribution is 2.43. The molecule has 8 nitrogen and oxygen atoms in total. The van der Waals surface area contributed by atoms with E-state index in [2.05, 4.69) is 25.3 Å². The largest absolute Gasteiger partial charge is 0.481 e. The molecule has 0 amide bonds. The summed E-state index contributed by atoms with van der Waals surface area (Å²) in [5.74, 6) is -1.12. The van der Waals surface area contributed by atoms with Crippen molar-refractivity contribution in [3.63, 3.8) is 0 Å². The van der Waals surface area contributed by atoms with Crippen molar-refractivity contribution >= 4 is 28.9 Å². The summed E-state index contributed by atoms with van der Waals surface area (Å²) in [6, 6.07) is 1.77. The number of hydrogen-bond donors (Lipinski definition) is 3. The lowest BCUT2D eigenvalue weighted by atomic mass is 9.74. The maximum absolute atomic E-state index is 12.9. The number of pyridine rings is 1. The van der Waals surface area contributed by atoms with Gasteiger partial charge in [0.15, 0.2) is 5.82 Å². The van der Waals surface area contributed by atoms with Crippen LogP contribution in [0.5, 0.6) is 0 Å². The lowest BCUT2D eigenvalue weighted by Gasteiger charge is -2.35. The number of anilines is 2. The number of alkyl halides is 3. The molecule has 180 valence electrons. The zero-order valence-corrected chi connectivity index (χ0v) is 18.9. The molecule has 3 heterocycles. The Labute approximate surface area is 197 Å². The van der Waals surface area contributed by atoms with E-state index < -0.39 is 23.3 Å². The van der Waals surface area contributed by atoms with Crippen LogP contribution in [-0.2, 0) is 16.6 Å². The zero-order chi connectivity index (χ0) is 24.5. The number of carbonyl (C=O) groups is 1. The van der Waals surface area contributed by atoms with E-state index in [1.54, 1.807) is 13.1 Å². The number of aromatic nitrogens is 4. The van der Waals surface area contributed by atoms with Crippen molar-refractivity contribution in [1.29, 1.82) is 0 Å². The predicted molar refractivity (Wildman–Crippen MR) is 118 cm³/mol. The van der Waals surface area contributed by atoms with E-state index in [0.29, 0.717) is 41.3 Å². The van der Waals surface area contributed by atoms with Gasteiger partial charge in [0.1, 0.15) is 22.1 Å². The average molecular weight is 494 g/mol. The van der Waals surface area contributed by atoms with Gasteiger partial charge in [0.05, 0.1) is 28.8 Å². The van der Waals surface area contributed by atoms with Gasteiger partial charge in [0.2, 0.25) is 0 Å². The summed E-state index contributed by atoms with van der Waals surface area (Å²) >= 11 is 1.24. The lowest BCUT2D eigenvalue weighted by Crippen LogP contribution is -2.35. The SMILES string of the molecule is CC(O)(c1ncc(-c2cncc(Nc3cc(C(F)(F)F)ccn3)n2)s1)[C@H]1CC[C@H](C(=O)O)CC1. The molecule has 0 aromatic carbocycles. The molecule has 12 heteroatoms. The Bertz CT molecular complexity index is 1180. The fraction of sp³-hybridized carbons (Fsp3) is 0.409. The molecule has 34 heavy (non-hydrogen) atoms. The second-order valence-electron chi connectivity index (χ2n) is 8.41. The normalized spacial score (nSPS) is 20.5. The van der Waals surface area contributed by atoms with Gasteiger partial charge >= 0.3 is 12.1 Å². The van der Waals surface area contributed by atoms with Gasteiger partial charge in [0, 0.05) is 12.4 Å². The Hall–Kier alpha value is -3.12. The summed E-state index contributed by atoms with van der Waals surface area (Å²) in [5, 5.41) is 23.6. The van der Waals surface area contributed by atoms with Crippen LogP contribution in [0.15, 0.2) is 36.9 Å². The number of nitrogens with zero attached hydrogens (tertiary/aromatic N) is 4. The van der Waals surface area contributed by atoms with E-state index in [4.69, 9.17) is 0 Å². The molecular formula is C22H22F3N5O3S. The summed E-state index contributed by atoms with van der Waals surface area (Å²) in [7, 11) is 0. The van der Waals surface area contributed by atoms with E-state index in [1.165, 1.54) is 23.7 Å². The molecule has 3 N–H and O–H groups in total. The van der Waals surface area contributed by atoms with Gasteiger partial charge in [-0.25, -0.2) is 15.0 Å². The molecule has 0 bridgehead atoms. The number of thiazole rings is 1. The first-order valence-electron chi connectivity index (χ1n) is 10.6. The minimum atomic E-state index is -4.49. The van der Waals surface area contributed by atoms with Crippen molar-refractivity contribution in [2.75, 3.05) is 5.32 Å². The van der Waals surface area contributed by atoms with Crippen LogP contribution < -0.4 is 5.32 Å². The van der Waals surface area contributed by atoms with Crippen LogP contribution >= 0.6 is 11.3 Å². The van der Waals surface area contributed by atoms with Crippen LogP contribution in [0.3, 0.4) is 0 Å². The van der Waals surface area contributed by atoms with Crippen LogP contribution in [0.1, 0.15) is 43.2 Å². The number of aliphatic carboxylic acids is 1. The van der Waals surface area contributed by atoms with E-state index in [1.807, 2.05) is 0 Å². The highest BCUT2D eigenvalue weighted by atomic mass is 32.1. The van der Waals surface area contributed by atoms with E-state index >= 15 is 0 Å². The third kappa shape index (κ3) is 5.17. The second-order valence-corrected chi connectivity index (χ2v) is 9.44. The summed E-state index contributed by atoms with van der Waals surface area (Å²) in [5.41, 5.74) is -1.62. The summed E-state index contributed by atoms with van der Waals surface area (Å²) in [6.07, 6.45) is 3.19. The fourth-order valence-electron chi connectivity index (χ4n) is 4.05. The number of aliphatic hydroxyl groups is 1. The Morgan fingerprint density at radius 1 is 1.12 bits per heavy atom. The molecule has 1 saturated carbocycles. The molecule has 4 rings (SSSR count). The van der Waals surface area contributed by atoms with Crippen molar-refractivity contribution in [3.05, 3.63) is 47.5 Å². The highest BCUT2D eigenvalue weighted by Gasteiger charge is 2.40. The zero-order valence-electron chi connectivity index (χ0n) is 18.1. The molecule has 0 spiro atoms. The molecule has 3 aromatic heterocycles. The standard InChI is InChI=1S/C22H22F3N5O3S/c1-21(33,13-4-2-12(3-5-13)19(31)32)20-28-10-16(34-20)15-9-26-11-18(29-15)30-17-8-14(6-7-27-17)22(23,24)25/h6-13,33H,2-5H2,1H3,(H,31,32)(H,27,29,30)/t12-,13-,21?. The molecule has 1 fully saturated rings. The third-order valence-corrected chi connectivity index (χ3v) is 7.29. The first-order valence-corrected chi connectivity index (χ1v) is 11.4. The van der Waals surface area contributed by atoms with Crippen LogP contribution in [0.4, 0.5) is 24.8 Å². The minimum Gasteiger partial charge on any atom is -0.481 e. The van der Waals surface area contributed by atoms with Gasteiger partial charge in [-0.15, -0.1) is 11.3 Å². The van der Waals surface area contributed by atoms with Crippen molar-refractivity contribution in [3.8, 4) is 10.6 Å². The third-order valence-electron chi connectivity index (χ3n) is 6.04. The van der Waals surface area contributed by atoms with Crippen LogP contribution in [0, 0.1) is 11.8 Å². The van der Waals surface area contributed by atoms with Gasteiger partial charge in [-0.3, -0.25) is 9.78 Å². The van der Waals surface area contributed by atoms with E-state index in [-0.39, 0.29) is 23.5 Å². The molecule has 0 saturated heterocycles. The smallest absolute Gasteiger partial charge is 0.416 e. The van der Waals surface area contributed by atoms with Crippen molar-refractivity contribution in [1.82, 2.24) is 19.9 Å². The molecule has 0 radical (unpaired) electrons. The first kappa shape index (κ1) is 24.0. The van der Waals surface area contributed by atoms with Crippen LogP contribution in [-0.4, -0.2) is 36.1 Å². The molecule has 0 aliphatic heterocycles. The van der Waals surface area contributed by atoms with Crippen LogP contribution in [0.25, 0.3) is 10.6 Å². The second kappa shape index (κ2) is 9.26. The number of rotatable bonds is 6. The lowest BCUT2D eigenvalue weighted by molar-refractivity contribution is -0.144. The molecule has 3 aromatic rings. The molecular weight excluding hydrogens is 471 g/mol. The number of halogens is 3. The van der Waals surface area contributed by atoms with Crippen molar-refractivity contribution in [2.24, 2.45) is 11.8 Å². The molecule has 1 aliphatic rings. The van der Waals surface area contributed by atoms with Crippen molar-refractivity contribution in [2.45, 2.75) is 44.4 Å². The minimum absolute atomic E-state index is 0.0221. The van der Waals surface area contributed by atoms with Gasteiger partial charge in [0.25, 0.3) is 0 Å². The quantitative estimate of drug-likeness (QED) is 0.445. The number of carboxylic acids is 1. The van der Waals surface area contributed by atoms with Gasteiger partial charge < -0.3 is 15.5 Å². The highest BCUT2D eigenvalue weighted by molar-refractivity contribution is 7.15. The van der Waals surface area contributed by atoms with Gasteiger partial charge in [-0.05, 0) is 50.7 Å². The Kier molecular flexibility index (Phi) is 6.54.